The van der Waals surface area contributed by atoms with E-state index in [9.17, 15) is 4.79 Å². The van der Waals surface area contributed by atoms with Crippen molar-refractivity contribution < 1.29 is 4.79 Å². The molecule has 0 unspecified atom stereocenters. The molecular weight excluding hydrogens is 503 g/mol. The van der Waals surface area contributed by atoms with Gasteiger partial charge in [0.25, 0.3) is 0 Å². The zero-order valence-electron chi connectivity index (χ0n) is 16.8. The number of hydrogen-bond acceptors (Lipinski definition) is 4. The average molecular weight is 533 g/mol. The van der Waals surface area contributed by atoms with Crippen LogP contribution in [0.1, 0.15) is 16.0 Å². The molecular formula is C20H29IN4OS2. The van der Waals surface area contributed by atoms with Crippen LogP contribution in [0.3, 0.4) is 0 Å². The second-order valence-electron chi connectivity index (χ2n) is 6.38. The van der Waals surface area contributed by atoms with Crippen LogP contribution in [0, 0.1) is 6.92 Å². The number of hydrogen-bond donors (Lipinski definition) is 2. The van der Waals surface area contributed by atoms with E-state index in [4.69, 9.17) is 4.99 Å². The number of carbonyl (C=O) groups is 1. The lowest BCUT2D eigenvalue weighted by Gasteiger charge is -2.15. The van der Waals surface area contributed by atoms with Gasteiger partial charge in [0.05, 0.1) is 13.1 Å². The average Bonchev–Trinajstić information content (AvgIpc) is 3.17. The Hall–Kier alpha value is -1.26. The number of nitrogens with zero attached hydrogens (tertiary/aromatic N) is 2. The molecule has 0 saturated carbocycles. The van der Waals surface area contributed by atoms with E-state index in [1.54, 1.807) is 42.1 Å². The van der Waals surface area contributed by atoms with Crippen LogP contribution in [0.5, 0.6) is 0 Å². The molecule has 0 aliphatic rings. The first-order chi connectivity index (χ1) is 13.0. The monoisotopic (exact) mass is 532 g/mol. The van der Waals surface area contributed by atoms with Crippen molar-refractivity contribution >= 4 is 58.9 Å². The summed E-state index contributed by atoms with van der Waals surface area (Å²) in [5.74, 6) is 0.678. The molecule has 0 atom stereocenters. The number of nitrogens with one attached hydrogen (secondary N) is 2. The number of halogens is 1. The number of thiophene rings is 1. The number of aryl methyl sites for hydroxylation is 1. The summed E-state index contributed by atoms with van der Waals surface area (Å²) in [5.41, 5.74) is 2.43. The van der Waals surface area contributed by atoms with E-state index in [0.29, 0.717) is 12.5 Å². The van der Waals surface area contributed by atoms with Gasteiger partial charge in [-0.3, -0.25) is 4.79 Å². The molecule has 154 valence electrons. The van der Waals surface area contributed by atoms with Crippen molar-refractivity contribution in [3.05, 3.63) is 51.7 Å². The summed E-state index contributed by atoms with van der Waals surface area (Å²) in [7, 11) is 3.50. The number of carbonyl (C=O) groups excluding carboxylic acids is 1. The Morgan fingerprint density at radius 2 is 2.04 bits per heavy atom. The smallest absolute Gasteiger partial charge is 0.241 e. The number of benzene rings is 1. The molecule has 2 N–H and O–H groups in total. The van der Waals surface area contributed by atoms with Gasteiger partial charge in [-0.25, -0.2) is 4.99 Å². The molecule has 1 aromatic carbocycles. The fraction of sp³-hybridized carbons (Fsp3) is 0.400. The fourth-order valence-corrected chi connectivity index (χ4v) is 3.80. The SMILES string of the molecule is CSc1cc(C)ccc1CN=C(NCCc1cccs1)NCC(=O)N(C)C.I. The molecule has 0 aliphatic heterocycles. The molecule has 0 bridgehead atoms. The third-order valence-corrected chi connectivity index (χ3v) is 5.76. The number of aliphatic imine (C=N–C) groups is 1. The summed E-state index contributed by atoms with van der Waals surface area (Å²) < 4.78 is 0. The minimum atomic E-state index is 0. The van der Waals surface area contributed by atoms with Gasteiger partial charge >= 0.3 is 0 Å². The quantitative estimate of drug-likeness (QED) is 0.235. The van der Waals surface area contributed by atoms with Crippen molar-refractivity contribution in [2.24, 2.45) is 4.99 Å². The molecule has 28 heavy (non-hydrogen) atoms. The molecule has 1 heterocycles. The Bertz CT molecular complexity index is 764. The molecule has 2 aromatic rings. The molecule has 2 rings (SSSR count). The summed E-state index contributed by atoms with van der Waals surface area (Å²) in [5, 5.41) is 8.57. The van der Waals surface area contributed by atoms with Crippen LogP contribution >= 0.6 is 47.1 Å². The second-order valence-corrected chi connectivity index (χ2v) is 8.26. The summed E-state index contributed by atoms with van der Waals surface area (Å²) >= 11 is 3.48. The highest BCUT2D eigenvalue weighted by Gasteiger charge is 2.07. The van der Waals surface area contributed by atoms with E-state index in [0.717, 1.165) is 13.0 Å². The lowest BCUT2D eigenvalue weighted by Crippen LogP contribution is -2.43. The van der Waals surface area contributed by atoms with E-state index < -0.39 is 0 Å². The Morgan fingerprint density at radius 1 is 1.25 bits per heavy atom. The van der Waals surface area contributed by atoms with Crippen LogP contribution < -0.4 is 10.6 Å². The number of guanidine groups is 1. The summed E-state index contributed by atoms with van der Waals surface area (Å²) in [6.07, 6.45) is 3.01. The molecule has 0 saturated heterocycles. The number of likely N-dealkylation sites (N-methyl/N-ethyl adjacent to an activating group) is 1. The third kappa shape index (κ3) is 8.40. The van der Waals surface area contributed by atoms with Crippen LogP contribution in [0.15, 0.2) is 45.6 Å². The number of rotatable bonds is 8. The van der Waals surface area contributed by atoms with Gasteiger partial charge in [0.15, 0.2) is 5.96 Å². The number of amides is 1. The number of thioether (sulfide) groups is 1. The second kappa shape index (κ2) is 13.1. The summed E-state index contributed by atoms with van der Waals surface area (Å²) in [4.78, 5) is 20.7. The van der Waals surface area contributed by atoms with Crippen molar-refractivity contribution in [2.45, 2.75) is 24.8 Å². The third-order valence-electron chi connectivity index (χ3n) is 4.00. The Labute approximate surface area is 193 Å². The fourth-order valence-electron chi connectivity index (χ4n) is 2.40. The zero-order valence-corrected chi connectivity index (χ0v) is 20.8. The van der Waals surface area contributed by atoms with E-state index in [1.807, 2.05) is 0 Å². The van der Waals surface area contributed by atoms with Gasteiger partial charge in [0.2, 0.25) is 5.91 Å². The summed E-state index contributed by atoms with van der Waals surface area (Å²) in [6.45, 7) is 3.66. The zero-order chi connectivity index (χ0) is 19.6. The van der Waals surface area contributed by atoms with Gasteiger partial charge in [0.1, 0.15) is 0 Å². The largest absolute Gasteiger partial charge is 0.356 e. The summed E-state index contributed by atoms with van der Waals surface area (Å²) in [6, 6.07) is 10.6. The van der Waals surface area contributed by atoms with Crippen LogP contribution in [-0.4, -0.2) is 50.2 Å². The molecule has 0 fully saturated rings. The molecule has 1 amide bonds. The Morgan fingerprint density at radius 3 is 2.68 bits per heavy atom. The van der Waals surface area contributed by atoms with Gasteiger partial charge in [-0.2, -0.15) is 0 Å². The molecule has 5 nitrogen and oxygen atoms in total. The van der Waals surface area contributed by atoms with E-state index in [2.05, 4.69) is 59.5 Å². The maximum atomic E-state index is 11.9. The van der Waals surface area contributed by atoms with Crippen molar-refractivity contribution in [2.75, 3.05) is 33.4 Å². The maximum absolute atomic E-state index is 11.9. The molecule has 1 aromatic heterocycles. The highest BCUT2D eigenvalue weighted by molar-refractivity contribution is 14.0. The van der Waals surface area contributed by atoms with Crippen LogP contribution in [0.2, 0.25) is 0 Å². The van der Waals surface area contributed by atoms with Crippen molar-refractivity contribution in [3.8, 4) is 0 Å². The van der Waals surface area contributed by atoms with E-state index >= 15 is 0 Å². The highest BCUT2D eigenvalue weighted by Crippen LogP contribution is 2.22. The lowest BCUT2D eigenvalue weighted by atomic mass is 10.1. The van der Waals surface area contributed by atoms with Gasteiger partial charge in [-0.15, -0.1) is 47.1 Å². The van der Waals surface area contributed by atoms with Crippen molar-refractivity contribution in [1.82, 2.24) is 15.5 Å². The van der Waals surface area contributed by atoms with Gasteiger partial charge in [-0.05, 0) is 48.2 Å². The van der Waals surface area contributed by atoms with Gasteiger partial charge in [-0.1, -0.05) is 18.2 Å². The Balaban J connectivity index is 0.00000392. The normalized spacial score (nSPS) is 10.9. The standard InChI is InChI=1S/C20H28N4OS2.HI/c1-15-7-8-16(18(12-15)26-4)13-22-20(23-14-19(25)24(2)3)21-10-9-17-6-5-11-27-17;/h5-8,11-12H,9-10,13-14H2,1-4H3,(H2,21,22,23);1H. The maximum Gasteiger partial charge on any atom is 0.241 e. The van der Waals surface area contributed by atoms with Crippen LogP contribution in [0.4, 0.5) is 0 Å². The first-order valence-electron chi connectivity index (χ1n) is 8.88. The van der Waals surface area contributed by atoms with E-state index in [-0.39, 0.29) is 36.4 Å². The Kier molecular flexibility index (Phi) is 11.6. The highest BCUT2D eigenvalue weighted by atomic mass is 127. The van der Waals surface area contributed by atoms with Crippen LogP contribution in [0.25, 0.3) is 0 Å². The molecule has 8 heteroatoms. The molecule has 0 spiro atoms. The van der Waals surface area contributed by atoms with Crippen LogP contribution in [-0.2, 0) is 17.8 Å². The first kappa shape index (κ1) is 24.8. The predicted molar refractivity (Wildman–Crippen MR) is 132 cm³/mol. The lowest BCUT2D eigenvalue weighted by molar-refractivity contribution is -0.127. The first-order valence-corrected chi connectivity index (χ1v) is 11.0. The van der Waals surface area contributed by atoms with Crippen molar-refractivity contribution in [3.63, 3.8) is 0 Å². The minimum Gasteiger partial charge on any atom is -0.356 e. The minimum absolute atomic E-state index is 0. The van der Waals surface area contributed by atoms with E-state index in [1.165, 1.54) is 20.9 Å². The molecule has 0 radical (unpaired) electrons. The topological polar surface area (TPSA) is 56.7 Å². The predicted octanol–water partition coefficient (Wildman–Crippen LogP) is 3.76. The van der Waals surface area contributed by atoms with Gasteiger partial charge < -0.3 is 15.5 Å². The van der Waals surface area contributed by atoms with Crippen molar-refractivity contribution in [1.29, 1.82) is 0 Å². The molecule has 0 aliphatic carbocycles. The van der Waals surface area contributed by atoms with Gasteiger partial charge in [0, 0.05) is 30.4 Å².